The molecule has 0 saturated heterocycles. The Balaban J connectivity index is 1.62. The number of aromatic nitrogens is 1. The van der Waals surface area contributed by atoms with E-state index in [-0.39, 0.29) is 17.6 Å². The molecule has 0 saturated carbocycles. The number of pyridine rings is 1. The van der Waals surface area contributed by atoms with E-state index in [9.17, 15) is 9.18 Å². The van der Waals surface area contributed by atoms with Gasteiger partial charge in [0.15, 0.2) is 17.1 Å². The van der Waals surface area contributed by atoms with Crippen molar-refractivity contribution < 1.29 is 18.3 Å². The zero-order chi connectivity index (χ0) is 23.0. The summed E-state index contributed by atoms with van der Waals surface area (Å²) in [6.45, 7) is 10.7. The minimum atomic E-state index is -0.423. The summed E-state index contributed by atoms with van der Waals surface area (Å²) in [6.07, 6.45) is 0. The topological polar surface area (TPSA) is 93.6 Å². The van der Waals surface area contributed by atoms with Crippen molar-refractivity contribution >= 4 is 28.5 Å². The van der Waals surface area contributed by atoms with Gasteiger partial charge in [-0.15, -0.1) is 0 Å². The molecule has 32 heavy (non-hydrogen) atoms. The number of nitrogens with zero attached hydrogens (tertiary/aromatic N) is 2. The Kier molecular flexibility index (Phi) is 5.61. The van der Waals surface area contributed by atoms with Crippen LogP contribution in [-0.4, -0.2) is 36.0 Å². The van der Waals surface area contributed by atoms with E-state index in [1.165, 1.54) is 7.11 Å². The summed E-state index contributed by atoms with van der Waals surface area (Å²) < 4.78 is 26.0. The molecule has 0 bridgehead atoms. The molecule has 0 fully saturated rings. The molecule has 4 rings (SSSR count). The van der Waals surface area contributed by atoms with Gasteiger partial charge in [0.1, 0.15) is 17.1 Å². The number of anilines is 1. The molecule has 3 N–H and O–H groups in total. The molecule has 0 aliphatic carbocycles. The molecule has 0 spiro atoms. The van der Waals surface area contributed by atoms with Crippen molar-refractivity contribution in [2.75, 3.05) is 25.9 Å². The lowest BCUT2D eigenvalue weighted by molar-refractivity contribution is -0.117. The summed E-state index contributed by atoms with van der Waals surface area (Å²) in [5, 5.41) is 2.88. The van der Waals surface area contributed by atoms with E-state index in [0.29, 0.717) is 59.1 Å². The summed E-state index contributed by atoms with van der Waals surface area (Å²) in [5.74, 6) is 0.301. The first kappa shape index (κ1) is 21.4. The number of nitrogens with two attached hydrogens (primary N) is 1. The van der Waals surface area contributed by atoms with Gasteiger partial charge in [0, 0.05) is 42.5 Å². The molecule has 1 unspecified atom stereocenters. The van der Waals surface area contributed by atoms with Gasteiger partial charge in [0.05, 0.1) is 13.0 Å². The first-order valence-corrected chi connectivity index (χ1v) is 10.2. The maximum atomic E-state index is 14.9. The van der Waals surface area contributed by atoms with Crippen molar-refractivity contribution in [3.63, 3.8) is 0 Å². The number of amides is 1. The fourth-order valence-corrected chi connectivity index (χ4v) is 3.88. The van der Waals surface area contributed by atoms with Crippen molar-refractivity contribution in [3.8, 4) is 5.75 Å². The molecule has 7 nitrogen and oxygen atoms in total. The SMILES string of the molecule is C=C(C)C(=O)NCC(CN1Cc2ccc(OC)c(F)c2C1=C)c1cc2nc(N)ccc2o1. The normalized spacial score (nSPS) is 13.8. The summed E-state index contributed by atoms with van der Waals surface area (Å²) in [7, 11) is 1.43. The molecule has 0 radical (unpaired) electrons. The zero-order valence-electron chi connectivity index (χ0n) is 18.1. The van der Waals surface area contributed by atoms with Crippen LogP contribution in [0.2, 0.25) is 0 Å². The number of hydrogen-bond donors (Lipinski definition) is 2. The van der Waals surface area contributed by atoms with Gasteiger partial charge in [-0.3, -0.25) is 4.79 Å². The molecule has 1 aliphatic rings. The van der Waals surface area contributed by atoms with Crippen LogP contribution in [-0.2, 0) is 11.3 Å². The van der Waals surface area contributed by atoms with E-state index in [0.717, 1.165) is 5.56 Å². The van der Waals surface area contributed by atoms with Crippen LogP contribution in [0.5, 0.6) is 5.75 Å². The minimum absolute atomic E-state index is 0.179. The third-order valence-electron chi connectivity index (χ3n) is 5.60. The monoisotopic (exact) mass is 436 g/mol. The van der Waals surface area contributed by atoms with Gasteiger partial charge in [0.2, 0.25) is 5.91 Å². The van der Waals surface area contributed by atoms with E-state index >= 15 is 0 Å². The molecule has 1 amide bonds. The Morgan fingerprint density at radius 1 is 1.41 bits per heavy atom. The molecule has 2 aromatic heterocycles. The van der Waals surface area contributed by atoms with Crippen molar-refractivity contribution in [1.82, 2.24) is 15.2 Å². The number of hydrogen-bond acceptors (Lipinski definition) is 6. The number of halogens is 1. The Bertz CT molecular complexity index is 1230. The third-order valence-corrected chi connectivity index (χ3v) is 5.60. The van der Waals surface area contributed by atoms with Crippen LogP contribution < -0.4 is 15.8 Å². The van der Waals surface area contributed by atoms with Crippen molar-refractivity contribution in [1.29, 1.82) is 0 Å². The van der Waals surface area contributed by atoms with Gasteiger partial charge in [-0.2, -0.15) is 0 Å². The second-order valence-corrected chi connectivity index (χ2v) is 7.90. The predicted octanol–water partition coefficient (Wildman–Crippen LogP) is 3.82. The first-order valence-electron chi connectivity index (χ1n) is 10.2. The second kappa shape index (κ2) is 8.37. The Hall–Kier alpha value is -3.81. The van der Waals surface area contributed by atoms with Crippen LogP contribution in [0.1, 0.15) is 29.7 Å². The molecule has 8 heteroatoms. The number of benzene rings is 1. The van der Waals surface area contributed by atoms with Crippen molar-refractivity contribution in [3.05, 3.63) is 71.8 Å². The summed E-state index contributed by atoms with van der Waals surface area (Å²) in [5.41, 5.74) is 9.28. The Labute approximate surface area is 185 Å². The highest BCUT2D eigenvalue weighted by atomic mass is 19.1. The summed E-state index contributed by atoms with van der Waals surface area (Å²) in [6, 6.07) is 8.71. The maximum Gasteiger partial charge on any atom is 0.246 e. The predicted molar refractivity (Wildman–Crippen MR) is 121 cm³/mol. The molecule has 1 atom stereocenters. The average molecular weight is 436 g/mol. The number of rotatable bonds is 7. The lowest BCUT2D eigenvalue weighted by Crippen LogP contribution is -2.33. The van der Waals surface area contributed by atoms with Crippen molar-refractivity contribution in [2.45, 2.75) is 19.4 Å². The number of ether oxygens (including phenoxy) is 1. The number of nitrogen functional groups attached to an aromatic ring is 1. The first-order chi connectivity index (χ1) is 15.3. The van der Waals surface area contributed by atoms with E-state index in [1.54, 1.807) is 25.1 Å². The average Bonchev–Trinajstić information content (AvgIpc) is 3.31. The van der Waals surface area contributed by atoms with Gasteiger partial charge in [-0.25, -0.2) is 9.37 Å². The standard InChI is InChI=1S/C24H25FN4O3/c1-13(2)24(30)27-10-16(20-9-17-18(32-20)7-8-21(26)28-17)12-29-11-15-5-6-19(31-4)23(25)22(15)14(29)3/h5-9,16H,1,3,10-12H2,2,4H3,(H2,26,28)(H,27,30). The second-order valence-electron chi connectivity index (χ2n) is 7.90. The van der Waals surface area contributed by atoms with Gasteiger partial charge in [-0.05, 0) is 30.7 Å². The van der Waals surface area contributed by atoms with E-state index in [2.05, 4.69) is 23.5 Å². The van der Waals surface area contributed by atoms with Gasteiger partial charge in [0.25, 0.3) is 0 Å². The molecular formula is C24H25FN4O3. The van der Waals surface area contributed by atoms with Crippen LogP contribution in [0.15, 0.2) is 53.5 Å². The lowest BCUT2D eigenvalue weighted by atomic mass is 10.1. The lowest BCUT2D eigenvalue weighted by Gasteiger charge is -2.25. The van der Waals surface area contributed by atoms with Crippen LogP contribution in [0, 0.1) is 5.82 Å². The number of nitrogens with one attached hydrogen (secondary N) is 1. The quantitative estimate of drug-likeness (QED) is 0.547. The van der Waals surface area contributed by atoms with E-state index < -0.39 is 5.82 Å². The smallest absolute Gasteiger partial charge is 0.246 e. The van der Waals surface area contributed by atoms with Crippen molar-refractivity contribution in [2.24, 2.45) is 0 Å². The van der Waals surface area contributed by atoms with Gasteiger partial charge in [-0.1, -0.05) is 19.2 Å². The number of furan rings is 1. The Morgan fingerprint density at radius 2 is 2.19 bits per heavy atom. The maximum absolute atomic E-state index is 14.9. The van der Waals surface area contributed by atoms with Crippen LogP contribution >= 0.6 is 0 Å². The van der Waals surface area contributed by atoms with E-state index in [4.69, 9.17) is 14.9 Å². The van der Waals surface area contributed by atoms with Gasteiger partial charge < -0.3 is 25.1 Å². The third kappa shape index (κ3) is 3.91. The highest BCUT2D eigenvalue weighted by molar-refractivity contribution is 5.92. The van der Waals surface area contributed by atoms with E-state index in [1.807, 2.05) is 17.0 Å². The number of carbonyl (C=O) groups excluding carboxylic acids is 1. The minimum Gasteiger partial charge on any atom is -0.494 e. The molecule has 166 valence electrons. The van der Waals surface area contributed by atoms with Crippen LogP contribution in [0.3, 0.4) is 0 Å². The summed E-state index contributed by atoms with van der Waals surface area (Å²) in [4.78, 5) is 18.4. The molecule has 3 aromatic rings. The highest BCUT2D eigenvalue weighted by Gasteiger charge is 2.30. The largest absolute Gasteiger partial charge is 0.494 e. The molecule has 3 heterocycles. The summed E-state index contributed by atoms with van der Waals surface area (Å²) >= 11 is 0. The highest BCUT2D eigenvalue weighted by Crippen LogP contribution is 2.38. The molecule has 1 aliphatic heterocycles. The fourth-order valence-electron chi connectivity index (χ4n) is 3.88. The Morgan fingerprint density at radius 3 is 2.91 bits per heavy atom. The number of carbonyl (C=O) groups is 1. The van der Waals surface area contributed by atoms with Crippen LogP contribution in [0.25, 0.3) is 16.8 Å². The number of methoxy groups -OCH3 is 1. The molecular weight excluding hydrogens is 411 g/mol. The van der Waals surface area contributed by atoms with Gasteiger partial charge >= 0.3 is 0 Å². The molecule has 1 aromatic carbocycles. The fraction of sp³-hybridized carbons (Fsp3) is 0.250. The van der Waals surface area contributed by atoms with Crippen LogP contribution in [0.4, 0.5) is 10.2 Å². The number of fused-ring (bicyclic) bond motifs is 2. The zero-order valence-corrected chi connectivity index (χ0v) is 18.1.